The Balaban J connectivity index is 2.10. The van der Waals surface area contributed by atoms with Gasteiger partial charge in [-0.25, -0.2) is 4.98 Å². The quantitative estimate of drug-likeness (QED) is 0.302. The second kappa shape index (κ2) is 9.32. The zero-order valence-corrected chi connectivity index (χ0v) is 18.5. The Morgan fingerprint density at radius 3 is 2.78 bits per heavy atom. The van der Waals surface area contributed by atoms with Crippen LogP contribution in [0.5, 0.6) is 0 Å². The van der Waals surface area contributed by atoms with Gasteiger partial charge in [0.2, 0.25) is 0 Å². The minimum absolute atomic E-state index is 0.112. The zero-order valence-electron chi connectivity index (χ0n) is 17.5. The smallest absolute Gasteiger partial charge is 0.192 e. The topological polar surface area (TPSA) is 78.1 Å². The Labute approximate surface area is 163 Å². The van der Waals surface area contributed by atoms with Gasteiger partial charge in [0.15, 0.2) is 14.6 Å². The summed E-state index contributed by atoms with van der Waals surface area (Å²) in [5, 5.41) is 12.5. The fourth-order valence-corrected chi connectivity index (χ4v) is 3.83. The Hall–Kier alpha value is -1.22. The number of ether oxygens (including phenoxy) is 2. The van der Waals surface area contributed by atoms with Crippen LogP contribution in [0.4, 0.5) is 0 Å². The molecule has 0 amide bonds. The van der Waals surface area contributed by atoms with Crippen LogP contribution in [0.1, 0.15) is 64.9 Å². The zero-order chi connectivity index (χ0) is 20.1. The highest BCUT2D eigenvalue weighted by molar-refractivity contribution is 6.74. The van der Waals surface area contributed by atoms with Crippen LogP contribution in [-0.2, 0) is 13.9 Å². The third-order valence-electron chi connectivity index (χ3n) is 5.57. The number of aromatic nitrogens is 2. The first-order valence-corrected chi connectivity index (χ1v) is 12.7. The Kier molecular flexibility index (Phi) is 7.61. The lowest BCUT2D eigenvalue weighted by atomic mass is 10.2. The van der Waals surface area contributed by atoms with E-state index in [4.69, 9.17) is 19.1 Å². The summed E-state index contributed by atoms with van der Waals surface area (Å²) in [4.78, 5) is 4.47. The van der Waals surface area contributed by atoms with Crippen LogP contribution in [0, 0.1) is 0 Å². The summed E-state index contributed by atoms with van der Waals surface area (Å²) < 4.78 is 20.0. The molecule has 0 spiro atoms. The van der Waals surface area contributed by atoms with Crippen molar-refractivity contribution in [1.29, 1.82) is 0 Å². The molecule has 1 aliphatic rings. The number of imidazole rings is 1. The van der Waals surface area contributed by atoms with Crippen LogP contribution in [0.15, 0.2) is 17.5 Å². The Bertz CT molecular complexity index is 606. The lowest BCUT2D eigenvalue weighted by Gasteiger charge is -2.37. The fourth-order valence-electron chi connectivity index (χ4n) is 2.81. The van der Waals surface area contributed by atoms with Crippen molar-refractivity contribution in [1.82, 2.24) is 9.55 Å². The van der Waals surface area contributed by atoms with E-state index in [1.54, 1.807) is 6.20 Å². The summed E-state index contributed by atoms with van der Waals surface area (Å²) in [5.41, 5.74) is 0. The molecule has 3 atom stereocenters. The number of hydrogen-bond acceptors (Lipinski definition) is 6. The molecule has 7 nitrogen and oxygen atoms in total. The van der Waals surface area contributed by atoms with Gasteiger partial charge in [0.1, 0.15) is 11.9 Å². The third-order valence-corrected chi connectivity index (χ3v) is 10.1. The molecule has 0 aliphatic carbocycles. The summed E-state index contributed by atoms with van der Waals surface area (Å²) in [6.07, 6.45) is 7.79. The average molecular weight is 398 g/mol. The predicted molar refractivity (Wildman–Crippen MR) is 108 cm³/mol. The standard InChI is InChI=1S/C19H35N3O4Si/c1-15(26-17-9-7-8-12-24-17)18-20-10-11-22(18)16(13-21-23)14-25-27(5,6)19(2,3)4/h10-11,13,15-17,23H,7-9,12,14H2,1-6H3/t15-,16-,17?/m0/s1. The minimum Gasteiger partial charge on any atom is -0.414 e. The number of oxime groups is 1. The van der Waals surface area contributed by atoms with Crippen molar-refractivity contribution in [3.8, 4) is 0 Å². The summed E-state index contributed by atoms with van der Waals surface area (Å²) in [6.45, 7) is 14.2. The van der Waals surface area contributed by atoms with Gasteiger partial charge >= 0.3 is 0 Å². The maximum absolute atomic E-state index is 9.16. The molecular weight excluding hydrogens is 362 g/mol. The van der Waals surface area contributed by atoms with E-state index in [-0.39, 0.29) is 23.5 Å². The molecule has 1 aliphatic heterocycles. The number of hydrogen-bond donors (Lipinski definition) is 1. The van der Waals surface area contributed by atoms with Gasteiger partial charge in [-0.15, -0.1) is 0 Å². The van der Waals surface area contributed by atoms with Crippen LogP contribution in [-0.4, -0.2) is 48.8 Å². The molecule has 1 N–H and O–H groups in total. The lowest BCUT2D eigenvalue weighted by Crippen LogP contribution is -2.42. The fraction of sp³-hybridized carbons (Fsp3) is 0.789. The van der Waals surface area contributed by atoms with E-state index in [0.717, 1.165) is 31.7 Å². The maximum atomic E-state index is 9.16. The predicted octanol–water partition coefficient (Wildman–Crippen LogP) is 4.51. The molecule has 154 valence electrons. The molecule has 1 fully saturated rings. The van der Waals surface area contributed by atoms with Crippen molar-refractivity contribution < 1.29 is 19.1 Å². The van der Waals surface area contributed by atoms with E-state index < -0.39 is 8.32 Å². The van der Waals surface area contributed by atoms with Gasteiger partial charge in [0.25, 0.3) is 0 Å². The van der Waals surface area contributed by atoms with E-state index in [9.17, 15) is 0 Å². The molecule has 1 aromatic rings. The Morgan fingerprint density at radius 1 is 1.44 bits per heavy atom. The highest BCUT2D eigenvalue weighted by atomic mass is 28.4. The monoisotopic (exact) mass is 397 g/mol. The summed E-state index contributed by atoms with van der Waals surface area (Å²) in [5.74, 6) is 0.771. The molecule has 1 unspecified atom stereocenters. The van der Waals surface area contributed by atoms with Crippen molar-refractivity contribution in [3.63, 3.8) is 0 Å². The maximum Gasteiger partial charge on any atom is 0.192 e. The molecule has 2 rings (SSSR count). The first-order chi connectivity index (χ1) is 12.7. The minimum atomic E-state index is -1.92. The van der Waals surface area contributed by atoms with E-state index >= 15 is 0 Å². The van der Waals surface area contributed by atoms with Gasteiger partial charge in [0.05, 0.1) is 18.9 Å². The molecular formula is C19H35N3O4Si. The summed E-state index contributed by atoms with van der Waals surface area (Å²) in [7, 11) is -1.92. The molecule has 27 heavy (non-hydrogen) atoms. The van der Waals surface area contributed by atoms with Gasteiger partial charge < -0.3 is 23.7 Å². The molecule has 0 bridgehead atoms. The number of nitrogens with zero attached hydrogens (tertiary/aromatic N) is 3. The van der Waals surface area contributed by atoms with Crippen LogP contribution in [0.25, 0.3) is 0 Å². The van der Waals surface area contributed by atoms with E-state index in [0.29, 0.717) is 6.61 Å². The van der Waals surface area contributed by atoms with Crippen molar-refractivity contribution >= 4 is 14.5 Å². The SMILES string of the molecule is C[C@H](OC1CCCCO1)c1nccn1[C@@H](C=NO)CO[Si](C)(C)C(C)(C)C. The second-order valence-electron chi connectivity index (χ2n) is 8.67. The average Bonchev–Trinajstić information content (AvgIpc) is 3.08. The molecule has 0 saturated carbocycles. The second-order valence-corrected chi connectivity index (χ2v) is 13.5. The van der Waals surface area contributed by atoms with Gasteiger partial charge in [-0.2, -0.15) is 0 Å². The molecule has 0 radical (unpaired) electrons. The van der Waals surface area contributed by atoms with Crippen molar-refractivity contribution in [2.45, 2.75) is 83.5 Å². The van der Waals surface area contributed by atoms with Crippen LogP contribution >= 0.6 is 0 Å². The Morgan fingerprint density at radius 2 is 2.19 bits per heavy atom. The van der Waals surface area contributed by atoms with Crippen molar-refractivity contribution in [3.05, 3.63) is 18.2 Å². The summed E-state index contributed by atoms with van der Waals surface area (Å²) in [6, 6.07) is -0.250. The van der Waals surface area contributed by atoms with Crippen LogP contribution < -0.4 is 0 Å². The van der Waals surface area contributed by atoms with Crippen LogP contribution in [0.2, 0.25) is 18.1 Å². The van der Waals surface area contributed by atoms with Crippen molar-refractivity contribution in [2.75, 3.05) is 13.2 Å². The number of rotatable bonds is 8. The van der Waals surface area contributed by atoms with Gasteiger partial charge in [-0.1, -0.05) is 25.9 Å². The highest BCUT2D eigenvalue weighted by Crippen LogP contribution is 2.37. The van der Waals surface area contributed by atoms with E-state index in [1.807, 2.05) is 17.7 Å². The lowest BCUT2D eigenvalue weighted by molar-refractivity contribution is -0.188. The first kappa shape index (κ1) is 22.1. The molecule has 1 saturated heterocycles. The van der Waals surface area contributed by atoms with Gasteiger partial charge in [-0.05, 0) is 44.3 Å². The normalized spacial score (nSPS) is 21.5. The van der Waals surface area contributed by atoms with E-state index in [1.165, 1.54) is 6.21 Å². The van der Waals surface area contributed by atoms with Gasteiger partial charge in [-0.3, -0.25) is 0 Å². The molecule has 1 aromatic heterocycles. The largest absolute Gasteiger partial charge is 0.414 e. The molecule has 2 heterocycles. The van der Waals surface area contributed by atoms with Crippen molar-refractivity contribution in [2.24, 2.45) is 5.16 Å². The van der Waals surface area contributed by atoms with Gasteiger partial charge in [0, 0.05) is 19.0 Å². The highest BCUT2D eigenvalue weighted by Gasteiger charge is 2.37. The van der Waals surface area contributed by atoms with Crippen LogP contribution in [0.3, 0.4) is 0 Å². The van der Waals surface area contributed by atoms with E-state index in [2.05, 4.69) is 44.0 Å². The molecule has 8 heteroatoms. The molecule has 0 aromatic carbocycles. The summed E-state index contributed by atoms with van der Waals surface area (Å²) >= 11 is 0. The first-order valence-electron chi connectivity index (χ1n) is 9.77. The third kappa shape index (κ3) is 5.87.